The maximum absolute atomic E-state index is 12.6. The van der Waals surface area contributed by atoms with Crippen LogP contribution in [-0.4, -0.2) is 81.3 Å². The molecule has 1 amide bonds. The van der Waals surface area contributed by atoms with E-state index in [1.54, 1.807) is 0 Å². The number of unbranched alkanes of at least 4 members (excludes halogenated alkanes) is 11. The molecule has 5 N–H and O–H groups in total. The molecule has 262 valence electrons. The number of phosphoric ester groups is 1. The van der Waals surface area contributed by atoms with Crippen LogP contribution in [-0.2, 0) is 27.9 Å². The van der Waals surface area contributed by atoms with Crippen molar-refractivity contribution >= 4 is 25.9 Å². The SMILES string of the molecule is CCCCCCCCCCCCCCOC[C@@H](COP(=O)(O)OC[C@H](CO)O[C@@H](n1ccc(=O)[nH]c1=S)C(C)(C)O)NC(C)=O. The second-order valence-corrected chi connectivity index (χ2v) is 13.7. The van der Waals surface area contributed by atoms with E-state index >= 15 is 0 Å². The van der Waals surface area contributed by atoms with Gasteiger partial charge in [0.05, 0.1) is 32.5 Å². The number of aromatic amines is 1. The summed E-state index contributed by atoms with van der Waals surface area (Å²) in [5, 5.41) is 23.1. The second kappa shape index (κ2) is 22.9. The van der Waals surface area contributed by atoms with Crippen LogP contribution in [0, 0.1) is 4.77 Å². The zero-order valence-electron chi connectivity index (χ0n) is 27.4. The number of aliphatic hydroxyl groups is 2. The third-order valence-electron chi connectivity index (χ3n) is 6.96. The molecular formula is C30H56N3O10PS. The Morgan fingerprint density at radius 1 is 1.02 bits per heavy atom. The summed E-state index contributed by atoms with van der Waals surface area (Å²) in [7, 11) is -4.64. The van der Waals surface area contributed by atoms with Crippen LogP contribution in [0.2, 0.25) is 0 Å². The van der Waals surface area contributed by atoms with Crippen molar-refractivity contribution in [2.45, 2.75) is 129 Å². The van der Waals surface area contributed by atoms with Crippen molar-refractivity contribution in [1.82, 2.24) is 14.9 Å². The summed E-state index contributed by atoms with van der Waals surface area (Å²) >= 11 is 5.15. The van der Waals surface area contributed by atoms with Gasteiger partial charge in [-0.1, -0.05) is 77.6 Å². The van der Waals surface area contributed by atoms with Crippen LogP contribution in [0.4, 0.5) is 0 Å². The Morgan fingerprint density at radius 2 is 1.58 bits per heavy atom. The average molecular weight is 682 g/mol. The molecular weight excluding hydrogens is 625 g/mol. The molecule has 1 rings (SSSR count). The van der Waals surface area contributed by atoms with Gasteiger partial charge in [-0.15, -0.1) is 0 Å². The van der Waals surface area contributed by atoms with E-state index < -0.39 is 50.6 Å². The highest BCUT2D eigenvalue weighted by molar-refractivity contribution is 7.71. The average Bonchev–Trinajstić information content (AvgIpc) is 2.96. The molecule has 0 saturated carbocycles. The molecule has 0 aliphatic rings. The van der Waals surface area contributed by atoms with Gasteiger partial charge in [-0.05, 0) is 32.5 Å². The van der Waals surface area contributed by atoms with Crippen molar-refractivity contribution in [3.8, 4) is 0 Å². The van der Waals surface area contributed by atoms with Gasteiger partial charge in [0.15, 0.2) is 11.0 Å². The molecule has 0 aliphatic heterocycles. The number of phosphoric acid groups is 1. The number of amides is 1. The number of carbonyl (C=O) groups excluding carboxylic acids is 1. The Kier molecular flexibility index (Phi) is 21.2. The summed E-state index contributed by atoms with van der Waals surface area (Å²) < 4.78 is 35.4. The van der Waals surface area contributed by atoms with E-state index in [2.05, 4.69) is 17.2 Å². The molecule has 1 aromatic rings. The summed E-state index contributed by atoms with van der Waals surface area (Å²) in [5.74, 6) is -0.349. The lowest BCUT2D eigenvalue weighted by molar-refractivity contribution is -0.173. The number of nitrogens with one attached hydrogen (secondary N) is 2. The normalized spacial score (nSPS) is 15.4. The van der Waals surface area contributed by atoms with Gasteiger partial charge in [0, 0.05) is 25.8 Å². The minimum absolute atomic E-state index is 0.0339. The van der Waals surface area contributed by atoms with Crippen molar-refractivity contribution in [3.63, 3.8) is 0 Å². The zero-order valence-corrected chi connectivity index (χ0v) is 29.1. The number of ether oxygens (including phenoxy) is 2. The van der Waals surface area contributed by atoms with Gasteiger partial charge in [-0.2, -0.15) is 0 Å². The van der Waals surface area contributed by atoms with Crippen molar-refractivity contribution in [3.05, 3.63) is 27.4 Å². The molecule has 1 unspecified atom stereocenters. The highest BCUT2D eigenvalue weighted by Gasteiger charge is 2.33. The molecule has 4 atom stereocenters. The van der Waals surface area contributed by atoms with Gasteiger partial charge in [-0.3, -0.25) is 28.2 Å². The maximum Gasteiger partial charge on any atom is 0.472 e. The fourth-order valence-electron chi connectivity index (χ4n) is 4.59. The second-order valence-electron chi connectivity index (χ2n) is 11.9. The van der Waals surface area contributed by atoms with Gasteiger partial charge in [-0.25, -0.2) is 4.57 Å². The molecule has 0 radical (unpaired) electrons. The Bertz CT molecular complexity index is 1110. The fourth-order valence-corrected chi connectivity index (χ4v) is 5.64. The largest absolute Gasteiger partial charge is 0.472 e. The lowest BCUT2D eigenvalue weighted by Crippen LogP contribution is -2.41. The number of nitrogens with zero attached hydrogens (tertiary/aromatic N) is 1. The standard InChI is InChI=1S/C30H56N3O10PS/c1-5-6-7-8-9-10-11-12-13-14-15-16-19-40-21-25(31-24(2)35)22-41-44(38,39)42-23-26(20-34)43-28(30(3,4)37)33-18-17-27(36)32-29(33)45/h17-18,25-26,28,34,37H,5-16,19-23H2,1-4H3,(H,31,35)(H,38,39)(H,32,36,45)/t25-,26-,28+/m0/s1. The number of H-pyrrole nitrogens is 1. The van der Waals surface area contributed by atoms with E-state index in [1.165, 1.54) is 95.4 Å². The first kappa shape index (κ1) is 41.5. The van der Waals surface area contributed by atoms with Gasteiger partial charge in [0.25, 0.3) is 5.56 Å². The zero-order chi connectivity index (χ0) is 33.7. The highest BCUT2D eigenvalue weighted by Crippen LogP contribution is 2.43. The number of carbonyl (C=O) groups is 1. The predicted molar refractivity (Wildman–Crippen MR) is 174 cm³/mol. The molecule has 0 bridgehead atoms. The van der Waals surface area contributed by atoms with E-state index in [0.717, 1.165) is 19.3 Å². The number of rotatable bonds is 27. The van der Waals surface area contributed by atoms with E-state index in [-0.39, 0.29) is 23.9 Å². The summed E-state index contributed by atoms with van der Waals surface area (Å²) in [6, 6.07) is 0.502. The van der Waals surface area contributed by atoms with Crippen LogP contribution in [0.3, 0.4) is 0 Å². The van der Waals surface area contributed by atoms with Crippen LogP contribution in [0.25, 0.3) is 0 Å². The van der Waals surface area contributed by atoms with E-state index in [0.29, 0.717) is 6.61 Å². The topological polar surface area (TPSA) is 182 Å². The van der Waals surface area contributed by atoms with Gasteiger partial charge < -0.3 is 29.9 Å². The van der Waals surface area contributed by atoms with Crippen molar-refractivity contribution in [2.75, 3.05) is 33.0 Å². The Hall–Kier alpha value is -1.48. The quantitative estimate of drug-likeness (QED) is 0.0484. The molecule has 0 aliphatic carbocycles. The smallest absolute Gasteiger partial charge is 0.394 e. The molecule has 45 heavy (non-hydrogen) atoms. The first-order valence-corrected chi connectivity index (χ1v) is 18.0. The predicted octanol–water partition coefficient (Wildman–Crippen LogP) is 4.91. The van der Waals surface area contributed by atoms with Gasteiger partial charge >= 0.3 is 7.82 Å². The number of aromatic nitrogens is 2. The summed E-state index contributed by atoms with van der Waals surface area (Å²) in [6.45, 7) is 5.45. The van der Waals surface area contributed by atoms with Crippen molar-refractivity contribution in [1.29, 1.82) is 0 Å². The maximum atomic E-state index is 12.6. The minimum atomic E-state index is -4.64. The number of aliphatic hydroxyl groups excluding tert-OH is 1. The molecule has 1 aromatic heterocycles. The summed E-state index contributed by atoms with van der Waals surface area (Å²) in [4.78, 5) is 35.8. The molecule has 13 nitrogen and oxygen atoms in total. The molecule has 15 heteroatoms. The third-order valence-corrected chi connectivity index (χ3v) is 8.23. The van der Waals surface area contributed by atoms with Crippen LogP contribution in [0.1, 0.15) is 111 Å². The monoisotopic (exact) mass is 681 g/mol. The van der Waals surface area contributed by atoms with Crippen molar-refractivity contribution < 1.29 is 43.0 Å². The first-order chi connectivity index (χ1) is 21.3. The molecule has 0 spiro atoms. The van der Waals surface area contributed by atoms with E-state index in [4.69, 9.17) is 30.7 Å². The number of hydrogen-bond acceptors (Lipinski definition) is 10. The van der Waals surface area contributed by atoms with Gasteiger partial charge in [0.1, 0.15) is 11.7 Å². The Labute approximate surface area is 272 Å². The van der Waals surface area contributed by atoms with E-state index in [9.17, 15) is 29.3 Å². The first-order valence-electron chi connectivity index (χ1n) is 16.1. The minimum Gasteiger partial charge on any atom is -0.394 e. The van der Waals surface area contributed by atoms with Crippen LogP contribution in [0.15, 0.2) is 17.1 Å². The molecule has 1 heterocycles. The van der Waals surface area contributed by atoms with Crippen molar-refractivity contribution in [2.24, 2.45) is 0 Å². The highest BCUT2D eigenvalue weighted by atomic mass is 32.1. The molecule has 0 fully saturated rings. The summed E-state index contributed by atoms with van der Waals surface area (Å²) in [6.07, 6.45) is 13.8. The molecule has 0 saturated heterocycles. The molecule has 0 aromatic carbocycles. The summed E-state index contributed by atoms with van der Waals surface area (Å²) in [5.41, 5.74) is -1.99. The Morgan fingerprint density at radius 3 is 2.09 bits per heavy atom. The van der Waals surface area contributed by atoms with Gasteiger partial charge in [0.2, 0.25) is 5.91 Å². The lowest BCUT2D eigenvalue weighted by atomic mass is 10.1. The Balaban J connectivity index is 2.44. The van der Waals surface area contributed by atoms with Crippen LogP contribution >= 0.6 is 20.0 Å². The van der Waals surface area contributed by atoms with Crippen LogP contribution in [0.5, 0.6) is 0 Å². The van der Waals surface area contributed by atoms with Crippen LogP contribution < -0.4 is 10.9 Å². The van der Waals surface area contributed by atoms with E-state index in [1.807, 2.05) is 0 Å². The lowest BCUT2D eigenvalue weighted by Gasteiger charge is -2.34. The third kappa shape index (κ3) is 19.7. The number of hydrogen-bond donors (Lipinski definition) is 5. The fraction of sp³-hybridized carbons (Fsp3) is 0.833.